The summed E-state index contributed by atoms with van der Waals surface area (Å²) in [5, 5.41) is 10.7. The first-order valence-corrected chi connectivity index (χ1v) is 10.6. The Labute approximate surface area is 170 Å². The van der Waals surface area contributed by atoms with Crippen molar-refractivity contribution in [2.75, 3.05) is 0 Å². The number of halogens is 1. The first-order valence-electron chi connectivity index (χ1n) is 10.6. The SMILES string of the molecule is CC1(C)C(O)CC[C@]2(C)C3=C[C@H]4C=C(c5ccc(F)cc5)[C@]3(CCC12)C(=O)C4=O. The predicted octanol–water partition coefficient (Wildman–Crippen LogP) is 4.50. The van der Waals surface area contributed by atoms with E-state index in [0.29, 0.717) is 12.8 Å². The van der Waals surface area contributed by atoms with Crippen LogP contribution in [0, 0.1) is 33.9 Å². The first-order chi connectivity index (χ1) is 13.6. The minimum Gasteiger partial charge on any atom is -0.393 e. The summed E-state index contributed by atoms with van der Waals surface area (Å²) in [5.74, 6) is -1.23. The highest BCUT2D eigenvalue weighted by Crippen LogP contribution is 2.69. The van der Waals surface area contributed by atoms with Crippen molar-refractivity contribution in [3.8, 4) is 0 Å². The minimum atomic E-state index is -0.937. The number of allylic oxidation sites excluding steroid dienone is 4. The molecule has 152 valence electrons. The zero-order chi connectivity index (χ0) is 20.8. The van der Waals surface area contributed by atoms with Gasteiger partial charge in [0.2, 0.25) is 11.6 Å². The number of hydrogen-bond acceptors (Lipinski definition) is 3. The molecule has 1 N–H and O–H groups in total. The van der Waals surface area contributed by atoms with E-state index in [2.05, 4.69) is 20.8 Å². The molecule has 5 atom stereocenters. The summed E-state index contributed by atoms with van der Waals surface area (Å²) in [6.45, 7) is 6.48. The quantitative estimate of drug-likeness (QED) is 0.564. The van der Waals surface area contributed by atoms with E-state index in [1.165, 1.54) is 12.1 Å². The van der Waals surface area contributed by atoms with Crippen LogP contribution in [0.3, 0.4) is 0 Å². The van der Waals surface area contributed by atoms with E-state index in [-0.39, 0.29) is 40.2 Å². The molecule has 1 aromatic rings. The van der Waals surface area contributed by atoms with Gasteiger partial charge in [0.15, 0.2) is 0 Å². The molecular formula is C25H27FO3. The smallest absolute Gasteiger partial charge is 0.213 e. The molecule has 0 aliphatic heterocycles. The van der Waals surface area contributed by atoms with Crippen LogP contribution in [0.4, 0.5) is 4.39 Å². The number of fused-ring (bicyclic) bond motifs is 2. The lowest BCUT2D eigenvalue weighted by molar-refractivity contribution is -0.147. The summed E-state index contributed by atoms with van der Waals surface area (Å²) >= 11 is 0. The number of ketones is 2. The maximum atomic E-state index is 13.5. The molecule has 29 heavy (non-hydrogen) atoms. The molecule has 0 heterocycles. The van der Waals surface area contributed by atoms with Gasteiger partial charge in [-0.25, -0.2) is 4.39 Å². The molecule has 2 saturated carbocycles. The zero-order valence-electron chi connectivity index (χ0n) is 17.2. The van der Waals surface area contributed by atoms with Gasteiger partial charge in [-0.2, -0.15) is 0 Å². The lowest BCUT2D eigenvalue weighted by Gasteiger charge is -2.63. The highest BCUT2D eigenvalue weighted by molar-refractivity contribution is 6.46. The fourth-order valence-electron chi connectivity index (χ4n) is 7.04. The summed E-state index contributed by atoms with van der Waals surface area (Å²) < 4.78 is 13.5. The van der Waals surface area contributed by atoms with Crippen molar-refractivity contribution in [2.45, 2.75) is 52.6 Å². The monoisotopic (exact) mass is 394 g/mol. The third-order valence-corrected chi connectivity index (χ3v) is 8.57. The predicted molar refractivity (Wildman–Crippen MR) is 108 cm³/mol. The third-order valence-electron chi connectivity index (χ3n) is 8.57. The number of benzene rings is 1. The van der Waals surface area contributed by atoms with Gasteiger partial charge in [-0.05, 0) is 71.3 Å². The maximum absolute atomic E-state index is 13.5. The van der Waals surface area contributed by atoms with Gasteiger partial charge < -0.3 is 5.11 Å². The first kappa shape index (κ1) is 18.9. The summed E-state index contributed by atoms with van der Waals surface area (Å²) in [6.07, 6.45) is 6.44. The Balaban J connectivity index is 1.70. The van der Waals surface area contributed by atoms with Crippen LogP contribution in [0.1, 0.15) is 52.0 Å². The van der Waals surface area contributed by atoms with Gasteiger partial charge in [-0.15, -0.1) is 0 Å². The van der Waals surface area contributed by atoms with Crippen molar-refractivity contribution >= 4 is 17.1 Å². The number of rotatable bonds is 1. The average molecular weight is 394 g/mol. The van der Waals surface area contributed by atoms with E-state index in [9.17, 15) is 19.1 Å². The van der Waals surface area contributed by atoms with Crippen molar-refractivity contribution in [3.63, 3.8) is 0 Å². The Bertz CT molecular complexity index is 986. The molecule has 2 fully saturated rings. The van der Waals surface area contributed by atoms with E-state index in [0.717, 1.165) is 29.6 Å². The standard InChI is InChI=1S/C25H27FO3/c1-23(2)18-8-11-25-17(14-4-6-16(26)7-5-14)12-15(21(28)22(25)29)13-19(25)24(18,3)10-9-20(23)27/h4-7,12-13,15,18,20,27H,8-11H2,1-3H3/t15-,18?,20?,24+,25+/m1/s1. The lowest BCUT2D eigenvalue weighted by Crippen LogP contribution is -2.61. The van der Waals surface area contributed by atoms with Crippen molar-refractivity contribution in [1.82, 2.24) is 0 Å². The number of aliphatic hydroxyl groups is 1. The molecule has 2 unspecified atom stereocenters. The van der Waals surface area contributed by atoms with Gasteiger partial charge >= 0.3 is 0 Å². The topological polar surface area (TPSA) is 54.4 Å². The molecule has 1 spiro atoms. The van der Waals surface area contributed by atoms with Crippen molar-refractivity contribution in [3.05, 3.63) is 53.4 Å². The third kappa shape index (κ3) is 2.21. The Hall–Kier alpha value is -2.07. The van der Waals surface area contributed by atoms with E-state index in [4.69, 9.17) is 0 Å². The molecule has 5 aliphatic carbocycles. The van der Waals surface area contributed by atoms with Crippen LogP contribution < -0.4 is 0 Å². The van der Waals surface area contributed by atoms with E-state index < -0.39 is 11.3 Å². The molecule has 0 amide bonds. The fourth-order valence-corrected chi connectivity index (χ4v) is 7.04. The Morgan fingerprint density at radius 2 is 1.69 bits per heavy atom. The fraction of sp³-hybridized carbons (Fsp3) is 0.520. The number of aliphatic hydroxyl groups excluding tert-OH is 1. The highest BCUT2D eigenvalue weighted by Gasteiger charge is 2.66. The van der Waals surface area contributed by atoms with Gasteiger partial charge in [0.05, 0.1) is 17.4 Å². The molecule has 5 aliphatic rings. The van der Waals surface area contributed by atoms with E-state index in [1.807, 2.05) is 12.2 Å². The zero-order valence-corrected chi connectivity index (χ0v) is 17.2. The summed E-state index contributed by atoms with van der Waals surface area (Å²) in [6, 6.07) is 6.26. The van der Waals surface area contributed by atoms with Crippen molar-refractivity contribution in [1.29, 1.82) is 0 Å². The molecule has 3 nitrogen and oxygen atoms in total. The molecular weight excluding hydrogens is 367 g/mol. The van der Waals surface area contributed by atoms with Crippen LogP contribution in [0.2, 0.25) is 0 Å². The summed E-state index contributed by atoms with van der Waals surface area (Å²) in [4.78, 5) is 26.3. The molecule has 4 heteroatoms. The van der Waals surface area contributed by atoms with E-state index >= 15 is 0 Å². The van der Waals surface area contributed by atoms with Crippen LogP contribution in [-0.4, -0.2) is 22.8 Å². The number of Topliss-reactive ketones (excluding diaryl/α,β-unsaturated/α-hetero) is 2. The second-order valence-electron chi connectivity index (χ2n) is 10.2. The number of hydrogen-bond donors (Lipinski definition) is 1. The van der Waals surface area contributed by atoms with Gasteiger partial charge in [0.1, 0.15) is 5.82 Å². The maximum Gasteiger partial charge on any atom is 0.213 e. The van der Waals surface area contributed by atoms with Crippen molar-refractivity contribution in [2.24, 2.45) is 28.1 Å². The molecule has 6 rings (SSSR count). The molecule has 0 radical (unpaired) electrons. The number of carbonyl (C=O) groups is 2. The van der Waals surface area contributed by atoms with E-state index in [1.54, 1.807) is 12.1 Å². The van der Waals surface area contributed by atoms with Crippen LogP contribution >= 0.6 is 0 Å². The van der Waals surface area contributed by atoms with Crippen LogP contribution in [-0.2, 0) is 9.59 Å². The van der Waals surface area contributed by atoms with Crippen LogP contribution in [0.25, 0.3) is 5.57 Å². The van der Waals surface area contributed by atoms with Gasteiger partial charge in [-0.3, -0.25) is 9.59 Å². The second-order valence-corrected chi connectivity index (χ2v) is 10.2. The van der Waals surface area contributed by atoms with Crippen LogP contribution in [0.5, 0.6) is 0 Å². The summed E-state index contributed by atoms with van der Waals surface area (Å²) in [5.41, 5.74) is 1.33. The minimum absolute atomic E-state index is 0.241. The Morgan fingerprint density at radius 3 is 2.38 bits per heavy atom. The molecule has 1 aromatic carbocycles. The lowest BCUT2D eigenvalue weighted by atomic mass is 9.40. The second kappa shape index (κ2) is 5.75. The van der Waals surface area contributed by atoms with Crippen LogP contribution in [0.15, 0.2) is 42.0 Å². The van der Waals surface area contributed by atoms with Crippen molar-refractivity contribution < 1.29 is 19.1 Å². The van der Waals surface area contributed by atoms with Gasteiger partial charge in [-0.1, -0.05) is 45.1 Å². The normalized spacial score (nSPS) is 40.1. The average Bonchev–Trinajstić information content (AvgIpc) is 2.69. The summed E-state index contributed by atoms with van der Waals surface area (Å²) in [7, 11) is 0. The molecule has 2 bridgehead atoms. The van der Waals surface area contributed by atoms with Gasteiger partial charge in [0.25, 0.3) is 0 Å². The number of carbonyl (C=O) groups excluding carboxylic acids is 2. The Morgan fingerprint density at radius 1 is 1.00 bits per heavy atom. The molecule has 0 saturated heterocycles. The largest absolute Gasteiger partial charge is 0.393 e. The highest BCUT2D eigenvalue weighted by atomic mass is 19.1. The Kier molecular flexibility index (Phi) is 3.75. The molecule has 0 aromatic heterocycles. The van der Waals surface area contributed by atoms with Gasteiger partial charge in [0, 0.05) is 0 Å².